The Hall–Kier alpha value is -0.440. The molecular formula is C11H14Br2N2O3S. The van der Waals surface area contributed by atoms with Gasteiger partial charge in [0.2, 0.25) is 15.9 Å². The smallest absolute Gasteiger partial charge is 0.242 e. The van der Waals surface area contributed by atoms with E-state index >= 15 is 0 Å². The Morgan fingerprint density at radius 3 is 2.47 bits per heavy atom. The molecule has 0 saturated carbocycles. The number of sulfonamides is 1. The first-order valence-corrected chi connectivity index (χ1v) is 8.38. The van der Waals surface area contributed by atoms with Crippen LogP contribution in [0, 0.1) is 0 Å². The number of nitrogens with two attached hydrogens (primary N) is 1. The monoisotopic (exact) mass is 412 g/mol. The van der Waals surface area contributed by atoms with E-state index in [0.717, 1.165) is 0 Å². The van der Waals surface area contributed by atoms with Crippen LogP contribution in [0.25, 0.3) is 0 Å². The minimum Gasteiger partial charge on any atom is -0.370 e. The summed E-state index contributed by atoms with van der Waals surface area (Å²) in [5, 5.41) is 0. The summed E-state index contributed by atoms with van der Waals surface area (Å²) in [5.41, 5.74) is 4.15. The molecule has 0 aliphatic heterocycles. The van der Waals surface area contributed by atoms with Crippen LogP contribution in [-0.4, -0.2) is 19.9 Å². The Bertz CT molecular complexity index is 600. The maximum Gasteiger partial charge on any atom is 0.242 e. The summed E-state index contributed by atoms with van der Waals surface area (Å²) in [6.07, 6.45) is -0.0855. The predicted octanol–water partition coefficient (Wildman–Crippen LogP) is 2.14. The molecule has 106 valence electrons. The van der Waals surface area contributed by atoms with E-state index in [1.807, 2.05) is 0 Å². The minimum atomic E-state index is -3.75. The van der Waals surface area contributed by atoms with Gasteiger partial charge in [-0.25, -0.2) is 13.1 Å². The molecule has 19 heavy (non-hydrogen) atoms. The Morgan fingerprint density at radius 2 is 1.95 bits per heavy atom. The summed E-state index contributed by atoms with van der Waals surface area (Å²) in [5.74, 6) is -0.569. The number of hydrogen-bond acceptors (Lipinski definition) is 3. The van der Waals surface area contributed by atoms with Crippen molar-refractivity contribution in [3.63, 3.8) is 0 Å². The van der Waals surface area contributed by atoms with Crippen LogP contribution < -0.4 is 10.5 Å². The third-order valence-corrected chi connectivity index (χ3v) is 5.39. The van der Waals surface area contributed by atoms with Crippen molar-refractivity contribution in [2.75, 3.05) is 0 Å². The lowest BCUT2D eigenvalue weighted by atomic mass is 10.0. The lowest BCUT2D eigenvalue weighted by molar-refractivity contribution is -0.119. The number of rotatable bonds is 5. The van der Waals surface area contributed by atoms with E-state index in [9.17, 15) is 13.2 Å². The molecule has 1 amide bonds. The van der Waals surface area contributed by atoms with Crippen LogP contribution in [0.2, 0.25) is 0 Å². The average molecular weight is 414 g/mol. The molecule has 0 aromatic heterocycles. The van der Waals surface area contributed by atoms with Crippen molar-refractivity contribution < 1.29 is 13.2 Å². The van der Waals surface area contributed by atoms with Gasteiger partial charge in [-0.3, -0.25) is 4.79 Å². The molecule has 0 atom stereocenters. The van der Waals surface area contributed by atoms with E-state index in [-0.39, 0.29) is 11.3 Å². The summed E-state index contributed by atoms with van der Waals surface area (Å²) in [6, 6.07) is 4.82. The van der Waals surface area contributed by atoms with E-state index in [0.29, 0.717) is 8.95 Å². The second kappa shape index (κ2) is 5.90. The third kappa shape index (κ3) is 4.87. The largest absolute Gasteiger partial charge is 0.370 e. The molecule has 0 aliphatic carbocycles. The minimum absolute atomic E-state index is 0.0855. The fourth-order valence-electron chi connectivity index (χ4n) is 1.57. The van der Waals surface area contributed by atoms with Crippen molar-refractivity contribution in [2.24, 2.45) is 5.73 Å². The molecule has 0 heterocycles. The van der Waals surface area contributed by atoms with Gasteiger partial charge in [-0.2, -0.15) is 0 Å². The van der Waals surface area contributed by atoms with Gasteiger partial charge in [0.25, 0.3) is 0 Å². The predicted molar refractivity (Wildman–Crippen MR) is 80.1 cm³/mol. The van der Waals surface area contributed by atoms with Crippen LogP contribution in [-0.2, 0) is 14.8 Å². The summed E-state index contributed by atoms with van der Waals surface area (Å²) in [6.45, 7) is 3.20. The van der Waals surface area contributed by atoms with Gasteiger partial charge in [0.1, 0.15) is 0 Å². The Labute approximate surface area is 129 Å². The molecule has 8 heteroatoms. The van der Waals surface area contributed by atoms with Crippen molar-refractivity contribution in [3.8, 4) is 0 Å². The topological polar surface area (TPSA) is 89.3 Å². The number of primary amides is 1. The maximum atomic E-state index is 12.3. The van der Waals surface area contributed by atoms with Gasteiger partial charge < -0.3 is 5.73 Å². The first-order valence-electron chi connectivity index (χ1n) is 5.31. The fraction of sp³-hybridized carbons (Fsp3) is 0.364. The number of carbonyl (C=O) groups excluding carboxylic acids is 1. The van der Waals surface area contributed by atoms with Gasteiger partial charge in [0.05, 0.1) is 4.90 Å². The average Bonchev–Trinajstić information content (AvgIpc) is 2.17. The number of nitrogens with one attached hydrogen (secondary N) is 1. The van der Waals surface area contributed by atoms with Gasteiger partial charge in [-0.15, -0.1) is 0 Å². The SMILES string of the molecule is CC(C)(CC(N)=O)NS(=O)(=O)c1cc(Br)ccc1Br. The number of halogens is 2. The van der Waals surface area contributed by atoms with Gasteiger partial charge >= 0.3 is 0 Å². The molecule has 0 fully saturated rings. The summed E-state index contributed by atoms with van der Waals surface area (Å²) in [4.78, 5) is 11.0. The maximum absolute atomic E-state index is 12.3. The van der Waals surface area contributed by atoms with Gasteiger partial charge in [-0.05, 0) is 48.0 Å². The van der Waals surface area contributed by atoms with Gasteiger partial charge in [0.15, 0.2) is 0 Å². The second-order valence-corrected chi connectivity index (χ2v) is 8.13. The highest BCUT2D eigenvalue weighted by Crippen LogP contribution is 2.26. The molecule has 3 N–H and O–H groups in total. The van der Waals surface area contributed by atoms with Crippen molar-refractivity contribution in [1.29, 1.82) is 0 Å². The standard InChI is InChI=1S/C11H14Br2N2O3S/c1-11(2,6-10(14)16)15-19(17,18)9-5-7(12)3-4-8(9)13/h3-5,15H,6H2,1-2H3,(H2,14,16). The van der Waals surface area contributed by atoms with E-state index in [4.69, 9.17) is 5.73 Å². The molecule has 0 bridgehead atoms. The fourth-order valence-corrected chi connectivity index (χ4v) is 4.49. The first kappa shape index (κ1) is 16.6. The van der Waals surface area contributed by atoms with E-state index in [2.05, 4.69) is 36.6 Å². The summed E-state index contributed by atoms with van der Waals surface area (Å²) < 4.78 is 28.1. The highest BCUT2D eigenvalue weighted by molar-refractivity contribution is 9.11. The van der Waals surface area contributed by atoms with Crippen LogP contribution in [0.4, 0.5) is 0 Å². The molecule has 1 rings (SSSR count). The van der Waals surface area contributed by atoms with E-state index in [1.165, 1.54) is 6.07 Å². The highest BCUT2D eigenvalue weighted by atomic mass is 79.9. The quantitative estimate of drug-likeness (QED) is 0.774. The van der Waals surface area contributed by atoms with Crippen LogP contribution >= 0.6 is 31.9 Å². The molecule has 1 aromatic rings. The zero-order chi connectivity index (χ0) is 14.8. The zero-order valence-corrected chi connectivity index (χ0v) is 14.4. The molecule has 0 unspecified atom stereocenters. The van der Waals surface area contributed by atoms with Crippen LogP contribution in [0.15, 0.2) is 32.0 Å². The molecule has 0 spiro atoms. The van der Waals surface area contributed by atoms with Crippen molar-refractivity contribution in [3.05, 3.63) is 27.1 Å². The second-order valence-electron chi connectivity index (χ2n) is 4.71. The molecule has 5 nitrogen and oxygen atoms in total. The number of amides is 1. The van der Waals surface area contributed by atoms with Crippen LogP contribution in [0.1, 0.15) is 20.3 Å². The van der Waals surface area contributed by atoms with Gasteiger partial charge in [-0.1, -0.05) is 15.9 Å². The lowest BCUT2D eigenvalue weighted by Gasteiger charge is -2.24. The van der Waals surface area contributed by atoms with Crippen LogP contribution in [0.3, 0.4) is 0 Å². The molecule has 1 aromatic carbocycles. The van der Waals surface area contributed by atoms with E-state index in [1.54, 1.807) is 26.0 Å². The Kier molecular flexibility index (Phi) is 5.16. The molecular weight excluding hydrogens is 400 g/mol. The normalized spacial score (nSPS) is 12.4. The van der Waals surface area contributed by atoms with E-state index < -0.39 is 21.5 Å². The van der Waals surface area contributed by atoms with Gasteiger partial charge in [0, 0.05) is 20.9 Å². The number of hydrogen-bond donors (Lipinski definition) is 2. The third-order valence-electron chi connectivity index (χ3n) is 2.21. The first-order chi connectivity index (χ1) is 8.53. The zero-order valence-electron chi connectivity index (χ0n) is 10.4. The lowest BCUT2D eigenvalue weighted by Crippen LogP contribution is -2.45. The summed E-state index contributed by atoms with van der Waals surface area (Å²) >= 11 is 6.41. The highest BCUT2D eigenvalue weighted by Gasteiger charge is 2.29. The molecule has 0 aliphatic rings. The van der Waals surface area contributed by atoms with Crippen molar-refractivity contribution >= 4 is 47.8 Å². The Balaban J connectivity index is 3.11. The Morgan fingerprint density at radius 1 is 1.37 bits per heavy atom. The van der Waals surface area contributed by atoms with Crippen LogP contribution in [0.5, 0.6) is 0 Å². The molecule has 0 radical (unpaired) electrons. The number of benzene rings is 1. The van der Waals surface area contributed by atoms with Crippen molar-refractivity contribution in [2.45, 2.75) is 30.7 Å². The van der Waals surface area contributed by atoms with Crippen molar-refractivity contribution in [1.82, 2.24) is 4.72 Å². The molecule has 0 saturated heterocycles. The number of carbonyl (C=O) groups is 1. The summed E-state index contributed by atoms with van der Waals surface area (Å²) in [7, 11) is -3.75.